The summed E-state index contributed by atoms with van der Waals surface area (Å²) in [5.74, 6) is -1.50. The van der Waals surface area contributed by atoms with E-state index in [1.165, 1.54) is 32.2 Å². The summed E-state index contributed by atoms with van der Waals surface area (Å²) in [6.07, 6.45) is -1.17. The van der Waals surface area contributed by atoms with Crippen molar-refractivity contribution >= 4 is 39.2 Å². The molecule has 0 spiro atoms. The molecule has 0 aliphatic rings. The molecule has 0 fully saturated rings. The van der Waals surface area contributed by atoms with Crippen LogP contribution in [0.2, 0.25) is 5.02 Å². The van der Waals surface area contributed by atoms with E-state index in [9.17, 15) is 18.0 Å². The molecular weight excluding hydrogens is 406 g/mol. The van der Waals surface area contributed by atoms with Gasteiger partial charge >= 0.3 is 5.97 Å². The van der Waals surface area contributed by atoms with Gasteiger partial charge in [0.05, 0.1) is 22.2 Å². The number of esters is 1. The van der Waals surface area contributed by atoms with Crippen molar-refractivity contribution in [3.8, 4) is 6.07 Å². The molecule has 1 amide bonds. The molecule has 8 nitrogen and oxygen atoms in total. The minimum Gasteiger partial charge on any atom is -0.449 e. The first-order valence-electron chi connectivity index (χ1n) is 7.93. The maximum absolute atomic E-state index is 12.3. The van der Waals surface area contributed by atoms with Gasteiger partial charge in [0, 0.05) is 5.69 Å². The smallest absolute Gasteiger partial charge is 0.338 e. The Morgan fingerprint density at radius 1 is 1.21 bits per heavy atom. The highest BCUT2D eigenvalue weighted by Gasteiger charge is 2.22. The van der Waals surface area contributed by atoms with Gasteiger partial charge in [0.2, 0.25) is 10.0 Å². The maximum atomic E-state index is 12.3. The van der Waals surface area contributed by atoms with E-state index < -0.39 is 28.0 Å². The van der Waals surface area contributed by atoms with E-state index >= 15 is 0 Å². The van der Waals surface area contributed by atoms with Crippen LogP contribution in [0.4, 0.5) is 5.69 Å². The van der Waals surface area contributed by atoms with Gasteiger partial charge in [-0.15, -0.1) is 0 Å². The lowest BCUT2D eigenvalue weighted by Crippen LogP contribution is -2.30. The molecule has 2 aromatic rings. The molecule has 2 N–H and O–H groups in total. The summed E-state index contributed by atoms with van der Waals surface area (Å²) in [5.41, 5.74) is 0.659. The molecule has 1 atom stereocenters. The number of halogens is 1. The molecule has 0 saturated carbocycles. The summed E-state index contributed by atoms with van der Waals surface area (Å²) < 4.78 is 31.1. The molecule has 0 aliphatic carbocycles. The van der Waals surface area contributed by atoms with E-state index in [2.05, 4.69) is 10.0 Å². The fourth-order valence-corrected chi connectivity index (χ4v) is 3.39. The number of nitrogens with zero attached hydrogens (tertiary/aromatic N) is 1. The van der Waals surface area contributed by atoms with E-state index in [1.807, 2.05) is 6.07 Å². The molecule has 0 saturated heterocycles. The minimum absolute atomic E-state index is 0.0610. The molecule has 0 aromatic heterocycles. The quantitative estimate of drug-likeness (QED) is 0.689. The molecule has 28 heavy (non-hydrogen) atoms. The highest BCUT2D eigenvalue weighted by molar-refractivity contribution is 7.89. The van der Waals surface area contributed by atoms with Crippen molar-refractivity contribution in [3.05, 3.63) is 58.6 Å². The SMILES string of the molecule is CNS(=O)(=O)c1cc(C(=O)OC(C)C(=O)Nc2cccc(C#N)c2)ccc1Cl. The first-order chi connectivity index (χ1) is 13.2. The van der Waals surface area contributed by atoms with Gasteiger partial charge in [-0.1, -0.05) is 17.7 Å². The topological polar surface area (TPSA) is 125 Å². The molecule has 2 rings (SSSR count). The van der Waals surface area contributed by atoms with Crippen molar-refractivity contribution < 1.29 is 22.7 Å². The number of hydrogen-bond donors (Lipinski definition) is 2. The second-order valence-electron chi connectivity index (χ2n) is 5.58. The Morgan fingerprint density at radius 3 is 2.57 bits per heavy atom. The summed E-state index contributed by atoms with van der Waals surface area (Å²) in [5, 5.41) is 11.4. The summed E-state index contributed by atoms with van der Waals surface area (Å²) in [6, 6.07) is 11.8. The highest BCUT2D eigenvalue weighted by Crippen LogP contribution is 2.23. The van der Waals surface area contributed by atoms with Gasteiger partial charge in [-0.25, -0.2) is 17.9 Å². The molecule has 1 unspecified atom stereocenters. The van der Waals surface area contributed by atoms with E-state index in [4.69, 9.17) is 21.6 Å². The monoisotopic (exact) mass is 421 g/mol. The summed E-state index contributed by atoms with van der Waals surface area (Å²) in [6.45, 7) is 1.36. The number of benzene rings is 2. The number of amides is 1. The van der Waals surface area contributed by atoms with Crippen LogP contribution in [-0.4, -0.2) is 33.4 Å². The van der Waals surface area contributed by atoms with Crippen LogP contribution in [-0.2, 0) is 19.6 Å². The predicted octanol–water partition coefficient (Wildman–Crippen LogP) is 2.30. The van der Waals surface area contributed by atoms with E-state index in [0.717, 1.165) is 6.07 Å². The molecule has 146 valence electrons. The van der Waals surface area contributed by atoms with Gasteiger partial charge in [-0.2, -0.15) is 5.26 Å². The largest absolute Gasteiger partial charge is 0.449 e. The number of ether oxygens (including phenoxy) is 1. The second kappa shape index (κ2) is 8.84. The van der Waals surface area contributed by atoms with Crippen LogP contribution < -0.4 is 10.0 Å². The third-order valence-electron chi connectivity index (χ3n) is 3.64. The van der Waals surface area contributed by atoms with Crippen molar-refractivity contribution in [2.24, 2.45) is 0 Å². The maximum Gasteiger partial charge on any atom is 0.338 e. The number of carbonyl (C=O) groups excluding carboxylic acids is 2. The first-order valence-corrected chi connectivity index (χ1v) is 9.79. The predicted molar refractivity (Wildman–Crippen MR) is 102 cm³/mol. The number of carbonyl (C=O) groups is 2. The molecular formula is C18H16ClN3O5S. The Kier molecular flexibility index (Phi) is 6.75. The molecule has 0 heterocycles. The zero-order valence-electron chi connectivity index (χ0n) is 14.9. The normalized spacial score (nSPS) is 11.9. The van der Waals surface area contributed by atoms with E-state index in [1.54, 1.807) is 18.2 Å². The summed E-state index contributed by atoms with van der Waals surface area (Å²) in [4.78, 5) is 24.2. The Bertz CT molecular complexity index is 1060. The second-order valence-corrected chi connectivity index (χ2v) is 7.84. The van der Waals surface area contributed by atoms with Crippen LogP contribution in [0.5, 0.6) is 0 Å². The fourth-order valence-electron chi connectivity index (χ4n) is 2.14. The van der Waals surface area contributed by atoms with Gasteiger partial charge in [0.15, 0.2) is 6.10 Å². The molecule has 0 bridgehead atoms. The number of hydrogen-bond acceptors (Lipinski definition) is 6. The molecule has 2 aromatic carbocycles. The van der Waals surface area contributed by atoms with Crippen molar-refractivity contribution in [1.82, 2.24) is 4.72 Å². The van der Waals surface area contributed by atoms with Gasteiger partial charge in [0.25, 0.3) is 5.91 Å². The van der Waals surface area contributed by atoms with Crippen LogP contribution in [0.3, 0.4) is 0 Å². The lowest BCUT2D eigenvalue weighted by atomic mass is 10.2. The number of rotatable bonds is 6. The Morgan fingerprint density at radius 2 is 1.93 bits per heavy atom. The standard InChI is InChI=1S/C18H16ClN3O5S/c1-11(17(23)22-14-5-3-4-12(8-14)10-20)27-18(24)13-6-7-15(19)16(9-13)28(25,26)21-2/h3-9,11,21H,1-2H3,(H,22,23). The minimum atomic E-state index is -3.87. The molecule has 0 radical (unpaired) electrons. The number of nitriles is 1. The lowest BCUT2D eigenvalue weighted by molar-refractivity contribution is -0.123. The third kappa shape index (κ3) is 5.07. The summed E-state index contributed by atoms with van der Waals surface area (Å²) >= 11 is 5.88. The number of nitrogens with one attached hydrogen (secondary N) is 2. The first kappa shape index (κ1) is 21.4. The zero-order chi connectivity index (χ0) is 20.9. The van der Waals surface area contributed by atoms with E-state index in [0.29, 0.717) is 11.3 Å². The van der Waals surface area contributed by atoms with E-state index in [-0.39, 0.29) is 15.5 Å². The average Bonchev–Trinajstić information content (AvgIpc) is 2.68. The third-order valence-corrected chi connectivity index (χ3v) is 5.53. The Labute approximate surface area is 167 Å². The van der Waals surface area contributed by atoms with Gasteiger partial charge < -0.3 is 10.1 Å². The average molecular weight is 422 g/mol. The number of sulfonamides is 1. The van der Waals surface area contributed by atoms with Crippen LogP contribution in [0.1, 0.15) is 22.8 Å². The van der Waals surface area contributed by atoms with Crippen molar-refractivity contribution in [2.45, 2.75) is 17.9 Å². The van der Waals surface area contributed by atoms with Crippen LogP contribution in [0, 0.1) is 11.3 Å². The van der Waals surface area contributed by atoms with Crippen molar-refractivity contribution in [1.29, 1.82) is 5.26 Å². The van der Waals surface area contributed by atoms with Crippen LogP contribution in [0.25, 0.3) is 0 Å². The number of anilines is 1. The van der Waals surface area contributed by atoms with Gasteiger partial charge in [-0.3, -0.25) is 4.79 Å². The molecule has 10 heteroatoms. The zero-order valence-corrected chi connectivity index (χ0v) is 16.5. The van der Waals surface area contributed by atoms with Crippen molar-refractivity contribution in [2.75, 3.05) is 12.4 Å². The van der Waals surface area contributed by atoms with Crippen molar-refractivity contribution in [3.63, 3.8) is 0 Å². The lowest BCUT2D eigenvalue weighted by Gasteiger charge is -2.14. The van der Waals surface area contributed by atoms with Crippen LogP contribution in [0.15, 0.2) is 47.4 Å². The van der Waals surface area contributed by atoms with Crippen LogP contribution >= 0.6 is 11.6 Å². The molecule has 0 aliphatic heterocycles. The Balaban J connectivity index is 2.12. The van der Waals surface area contributed by atoms with Gasteiger partial charge in [-0.05, 0) is 50.4 Å². The van der Waals surface area contributed by atoms with Gasteiger partial charge in [0.1, 0.15) is 4.90 Å². The fraction of sp³-hybridized carbons (Fsp3) is 0.167. The Hall–Kier alpha value is -2.93. The summed E-state index contributed by atoms with van der Waals surface area (Å²) in [7, 11) is -2.66. The highest BCUT2D eigenvalue weighted by atomic mass is 35.5.